The Balaban J connectivity index is 2.12. The van der Waals surface area contributed by atoms with Gasteiger partial charge < -0.3 is 9.73 Å². The minimum Gasteiger partial charge on any atom is -0.467 e. The summed E-state index contributed by atoms with van der Waals surface area (Å²) in [6.07, 6.45) is 1.68. The number of furan rings is 1. The van der Waals surface area contributed by atoms with Crippen LogP contribution >= 0.6 is 11.6 Å². The molecule has 0 saturated carbocycles. The highest BCUT2D eigenvalue weighted by Crippen LogP contribution is 2.24. The molecule has 0 fully saturated rings. The van der Waals surface area contributed by atoms with Gasteiger partial charge in [-0.1, -0.05) is 17.7 Å². The molecule has 84 valence electrons. The highest BCUT2D eigenvalue weighted by molar-refractivity contribution is 6.31. The largest absolute Gasteiger partial charge is 0.467 e. The molecule has 2 nitrogen and oxygen atoms in total. The first kappa shape index (κ1) is 11.1. The SMILES string of the molecule is Cc1ccc(NC(C)c2ccco2)cc1Cl. The van der Waals surface area contributed by atoms with Crippen LogP contribution < -0.4 is 5.32 Å². The molecular weight excluding hydrogens is 222 g/mol. The number of anilines is 1. The topological polar surface area (TPSA) is 25.2 Å². The molecule has 1 unspecified atom stereocenters. The fourth-order valence-electron chi connectivity index (χ4n) is 1.54. The average Bonchev–Trinajstić information content (AvgIpc) is 2.77. The highest BCUT2D eigenvalue weighted by atomic mass is 35.5. The number of nitrogens with one attached hydrogen (secondary N) is 1. The summed E-state index contributed by atoms with van der Waals surface area (Å²) >= 11 is 6.06. The van der Waals surface area contributed by atoms with Gasteiger partial charge in [0, 0.05) is 10.7 Å². The molecular formula is C13H14ClNO. The maximum Gasteiger partial charge on any atom is 0.125 e. The third-order valence-corrected chi connectivity index (χ3v) is 2.93. The molecule has 1 aromatic carbocycles. The van der Waals surface area contributed by atoms with E-state index in [1.165, 1.54) is 0 Å². The summed E-state index contributed by atoms with van der Waals surface area (Å²) in [5.41, 5.74) is 2.08. The van der Waals surface area contributed by atoms with Crippen molar-refractivity contribution in [2.45, 2.75) is 19.9 Å². The molecule has 0 aliphatic carbocycles. The van der Waals surface area contributed by atoms with Gasteiger partial charge in [0.1, 0.15) is 5.76 Å². The Morgan fingerprint density at radius 3 is 2.75 bits per heavy atom. The van der Waals surface area contributed by atoms with Gasteiger partial charge in [-0.05, 0) is 43.7 Å². The zero-order valence-electron chi connectivity index (χ0n) is 9.33. The molecule has 0 bridgehead atoms. The summed E-state index contributed by atoms with van der Waals surface area (Å²) in [4.78, 5) is 0. The molecule has 0 radical (unpaired) electrons. The van der Waals surface area contributed by atoms with Crippen LogP contribution in [0.2, 0.25) is 5.02 Å². The summed E-state index contributed by atoms with van der Waals surface area (Å²) in [6, 6.07) is 9.91. The van der Waals surface area contributed by atoms with Crippen LogP contribution in [0.5, 0.6) is 0 Å². The van der Waals surface area contributed by atoms with Crippen molar-refractivity contribution < 1.29 is 4.42 Å². The quantitative estimate of drug-likeness (QED) is 0.852. The fraction of sp³-hybridized carbons (Fsp3) is 0.231. The van der Waals surface area contributed by atoms with Crippen molar-refractivity contribution in [2.75, 3.05) is 5.32 Å². The monoisotopic (exact) mass is 235 g/mol. The molecule has 0 aliphatic heterocycles. The molecule has 2 aromatic rings. The predicted octanol–water partition coefficient (Wildman–Crippen LogP) is 4.41. The molecule has 0 amide bonds. The molecule has 1 heterocycles. The standard InChI is InChI=1S/C13H14ClNO/c1-9-5-6-11(8-12(9)14)15-10(2)13-4-3-7-16-13/h3-8,10,15H,1-2H3. The Labute approximate surface area is 100 Å². The van der Waals surface area contributed by atoms with E-state index in [2.05, 4.69) is 5.32 Å². The lowest BCUT2D eigenvalue weighted by Crippen LogP contribution is -2.05. The molecule has 2 rings (SSSR count). The fourth-order valence-corrected chi connectivity index (χ4v) is 1.72. The summed E-state index contributed by atoms with van der Waals surface area (Å²) in [6.45, 7) is 4.04. The molecule has 1 aromatic heterocycles. The van der Waals surface area contributed by atoms with Crippen molar-refractivity contribution >= 4 is 17.3 Å². The Bertz CT molecular complexity index is 465. The van der Waals surface area contributed by atoms with Crippen molar-refractivity contribution in [3.05, 3.63) is 52.9 Å². The minimum absolute atomic E-state index is 0.133. The molecule has 0 aliphatic rings. The number of hydrogen-bond donors (Lipinski definition) is 1. The molecule has 1 atom stereocenters. The molecule has 0 spiro atoms. The number of aryl methyl sites for hydroxylation is 1. The lowest BCUT2D eigenvalue weighted by Gasteiger charge is -2.13. The maximum absolute atomic E-state index is 6.06. The van der Waals surface area contributed by atoms with Gasteiger partial charge in [0.05, 0.1) is 12.3 Å². The number of rotatable bonds is 3. The second-order valence-electron chi connectivity index (χ2n) is 3.85. The van der Waals surface area contributed by atoms with Crippen LogP contribution in [-0.2, 0) is 0 Å². The first-order valence-corrected chi connectivity index (χ1v) is 5.60. The van der Waals surface area contributed by atoms with Crippen molar-refractivity contribution in [1.82, 2.24) is 0 Å². The van der Waals surface area contributed by atoms with Gasteiger partial charge in [0.25, 0.3) is 0 Å². The van der Waals surface area contributed by atoms with Crippen LogP contribution in [0, 0.1) is 6.92 Å². The van der Waals surface area contributed by atoms with Crippen molar-refractivity contribution in [3.8, 4) is 0 Å². The van der Waals surface area contributed by atoms with E-state index in [1.807, 2.05) is 44.2 Å². The van der Waals surface area contributed by atoms with E-state index < -0.39 is 0 Å². The zero-order valence-corrected chi connectivity index (χ0v) is 10.1. The van der Waals surface area contributed by atoms with Crippen LogP contribution in [0.25, 0.3) is 0 Å². The second kappa shape index (κ2) is 4.62. The van der Waals surface area contributed by atoms with Gasteiger partial charge in [0.15, 0.2) is 0 Å². The minimum atomic E-state index is 0.133. The Morgan fingerprint density at radius 1 is 1.31 bits per heavy atom. The summed E-state index contributed by atoms with van der Waals surface area (Å²) in [5.74, 6) is 0.914. The van der Waals surface area contributed by atoms with E-state index in [1.54, 1.807) is 6.26 Å². The van der Waals surface area contributed by atoms with Crippen molar-refractivity contribution in [1.29, 1.82) is 0 Å². The van der Waals surface area contributed by atoms with Crippen LogP contribution in [0.1, 0.15) is 24.3 Å². The second-order valence-corrected chi connectivity index (χ2v) is 4.25. The van der Waals surface area contributed by atoms with E-state index in [9.17, 15) is 0 Å². The Morgan fingerprint density at radius 2 is 2.12 bits per heavy atom. The van der Waals surface area contributed by atoms with E-state index in [0.29, 0.717) is 0 Å². The lowest BCUT2D eigenvalue weighted by atomic mass is 10.2. The lowest BCUT2D eigenvalue weighted by molar-refractivity contribution is 0.490. The summed E-state index contributed by atoms with van der Waals surface area (Å²) in [7, 11) is 0. The van der Waals surface area contributed by atoms with Crippen molar-refractivity contribution in [2.24, 2.45) is 0 Å². The molecule has 16 heavy (non-hydrogen) atoms. The number of halogens is 1. The van der Waals surface area contributed by atoms with E-state index in [0.717, 1.165) is 22.0 Å². The van der Waals surface area contributed by atoms with Gasteiger partial charge in [0.2, 0.25) is 0 Å². The van der Waals surface area contributed by atoms with E-state index in [4.69, 9.17) is 16.0 Å². The van der Waals surface area contributed by atoms with E-state index in [-0.39, 0.29) is 6.04 Å². The third kappa shape index (κ3) is 2.39. The molecule has 3 heteroatoms. The normalized spacial score (nSPS) is 12.4. The van der Waals surface area contributed by atoms with Crippen LogP contribution in [0.3, 0.4) is 0 Å². The summed E-state index contributed by atoms with van der Waals surface area (Å²) < 4.78 is 5.33. The first-order chi connectivity index (χ1) is 7.66. The van der Waals surface area contributed by atoms with Crippen LogP contribution in [-0.4, -0.2) is 0 Å². The predicted molar refractivity (Wildman–Crippen MR) is 66.9 cm³/mol. The molecule has 1 N–H and O–H groups in total. The summed E-state index contributed by atoms with van der Waals surface area (Å²) in [5, 5.41) is 4.11. The van der Waals surface area contributed by atoms with Crippen molar-refractivity contribution in [3.63, 3.8) is 0 Å². The van der Waals surface area contributed by atoms with Crippen LogP contribution in [0.15, 0.2) is 41.0 Å². The average molecular weight is 236 g/mol. The van der Waals surface area contributed by atoms with Gasteiger partial charge in [-0.3, -0.25) is 0 Å². The van der Waals surface area contributed by atoms with Gasteiger partial charge >= 0.3 is 0 Å². The van der Waals surface area contributed by atoms with Crippen LogP contribution in [0.4, 0.5) is 5.69 Å². The maximum atomic E-state index is 6.06. The number of hydrogen-bond acceptors (Lipinski definition) is 2. The molecule has 0 saturated heterocycles. The number of benzene rings is 1. The Hall–Kier alpha value is -1.41. The van der Waals surface area contributed by atoms with Gasteiger partial charge in [-0.2, -0.15) is 0 Å². The van der Waals surface area contributed by atoms with E-state index >= 15 is 0 Å². The zero-order chi connectivity index (χ0) is 11.5. The third-order valence-electron chi connectivity index (χ3n) is 2.52. The smallest absolute Gasteiger partial charge is 0.125 e. The van der Waals surface area contributed by atoms with Gasteiger partial charge in [-0.25, -0.2) is 0 Å². The Kier molecular flexibility index (Phi) is 3.20. The highest BCUT2D eigenvalue weighted by Gasteiger charge is 2.08. The first-order valence-electron chi connectivity index (χ1n) is 5.23. The van der Waals surface area contributed by atoms with Gasteiger partial charge in [-0.15, -0.1) is 0 Å².